The third kappa shape index (κ3) is 5.41. The zero-order valence-corrected chi connectivity index (χ0v) is 15.4. The first-order valence-corrected chi connectivity index (χ1v) is 9.09. The highest BCUT2D eigenvalue weighted by molar-refractivity contribution is 7.09. The summed E-state index contributed by atoms with van der Waals surface area (Å²) in [4.78, 5) is 21.0. The lowest BCUT2D eigenvalue weighted by Gasteiger charge is -2.33. The van der Waals surface area contributed by atoms with Gasteiger partial charge >= 0.3 is 0 Å². The van der Waals surface area contributed by atoms with Gasteiger partial charge in [0.15, 0.2) is 0 Å². The maximum absolute atomic E-state index is 12.0. The molecule has 5 nitrogen and oxygen atoms in total. The Kier molecular flexibility index (Phi) is 6.74. The molecule has 1 atom stereocenters. The second-order valence-corrected chi connectivity index (χ2v) is 6.99. The third-order valence-electron chi connectivity index (χ3n) is 3.82. The summed E-state index contributed by atoms with van der Waals surface area (Å²) in [6, 6.07) is 0. The SMILES string of the molecule is CCO[C@@H](C)c1nc(CN2CCN(C(=O)C=C(C)C)CC2)cs1. The van der Waals surface area contributed by atoms with Crippen molar-refractivity contribution < 1.29 is 9.53 Å². The maximum atomic E-state index is 12.0. The van der Waals surface area contributed by atoms with Gasteiger partial charge < -0.3 is 9.64 Å². The molecule has 1 fully saturated rings. The molecule has 1 aromatic heterocycles. The molecule has 0 radical (unpaired) electrons. The van der Waals surface area contributed by atoms with Gasteiger partial charge in [-0.3, -0.25) is 9.69 Å². The predicted molar refractivity (Wildman–Crippen MR) is 93.4 cm³/mol. The zero-order valence-electron chi connectivity index (χ0n) is 14.5. The van der Waals surface area contributed by atoms with E-state index >= 15 is 0 Å². The topological polar surface area (TPSA) is 45.7 Å². The summed E-state index contributed by atoms with van der Waals surface area (Å²) in [6.07, 6.45) is 1.79. The van der Waals surface area contributed by atoms with Crippen molar-refractivity contribution in [1.29, 1.82) is 0 Å². The Morgan fingerprint density at radius 2 is 2.09 bits per heavy atom. The molecule has 0 spiro atoms. The Bertz CT molecular complexity index is 544. The molecule has 2 heterocycles. The summed E-state index contributed by atoms with van der Waals surface area (Å²) in [6.45, 7) is 12.9. The minimum Gasteiger partial charge on any atom is -0.372 e. The molecule has 0 N–H and O–H groups in total. The molecule has 1 aromatic rings. The highest BCUT2D eigenvalue weighted by Crippen LogP contribution is 2.22. The number of carbonyl (C=O) groups excluding carboxylic acids is 1. The molecule has 6 heteroatoms. The second-order valence-electron chi connectivity index (χ2n) is 6.10. The van der Waals surface area contributed by atoms with Gasteiger partial charge in [-0.2, -0.15) is 0 Å². The minimum atomic E-state index is 0.0669. The molecule has 0 aromatic carbocycles. The van der Waals surface area contributed by atoms with Gasteiger partial charge in [-0.1, -0.05) is 5.57 Å². The number of amides is 1. The summed E-state index contributed by atoms with van der Waals surface area (Å²) >= 11 is 1.66. The van der Waals surface area contributed by atoms with Gasteiger partial charge in [0.25, 0.3) is 0 Å². The number of piperazine rings is 1. The van der Waals surface area contributed by atoms with Crippen molar-refractivity contribution in [2.75, 3.05) is 32.8 Å². The maximum Gasteiger partial charge on any atom is 0.246 e. The van der Waals surface area contributed by atoms with Crippen LogP contribution in [0.4, 0.5) is 0 Å². The molecule has 2 rings (SSSR count). The largest absolute Gasteiger partial charge is 0.372 e. The van der Waals surface area contributed by atoms with E-state index in [1.165, 1.54) is 0 Å². The Labute approximate surface area is 142 Å². The first-order chi connectivity index (χ1) is 11.0. The minimum absolute atomic E-state index is 0.0669. The monoisotopic (exact) mass is 337 g/mol. The van der Waals surface area contributed by atoms with E-state index in [4.69, 9.17) is 4.74 Å². The Morgan fingerprint density at radius 1 is 1.39 bits per heavy atom. The van der Waals surface area contributed by atoms with E-state index in [0.717, 1.165) is 49.0 Å². The lowest BCUT2D eigenvalue weighted by molar-refractivity contribution is -0.127. The molecule has 1 aliphatic rings. The van der Waals surface area contributed by atoms with Gasteiger partial charge in [-0.15, -0.1) is 11.3 Å². The van der Waals surface area contributed by atoms with E-state index < -0.39 is 0 Å². The van der Waals surface area contributed by atoms with E-state index in [1.54, 1.807) is 17.4 Å². The summed E-state index contributed by atoms with van der Waals surface area (Å²) in [7, 11) is 0. The van der Waals surface area contributed by atoms with E-state index in [0.29, 0.717) is 6.61 Å². The number of hydrogen-bond acceptors (Lipinski definition) is 5. The zero-order chi connectivity index (χ0) is 16.8. The Balaban J connectivity index is 1.82. The van der Waals surface area contributed by atoms with Crippen LogP contribution in [0, 0.1) is 0 Å². The van der Waals surface area contributed by atoms with Crippen LogP contribution < -0.4 is 0 Å². The fourth-order valence-corrected chi connectivity index (χ4v) is 3.41. The molecule has 128 valence electrons. The molecule has 0 saturated carbocycles. The van der Waals surface area contributed by atoms with Crippen molar-refractivity contribution in [1.82, 2.24) is 14.8 Å². The average molecular weight is 337 g/mol. The number of allylic oxidation sites excluding steroid dienone is 1. The number of hydrogen-bond donors (Lipinski definition) is 0. The number of aromatic nitrogens is 1. The molecular formula is C17H27N3O2S. The molecule has 1 aliphatic heterocycles. The molecule has 0 aliphatic carbocycles. The summed E-state index contributed by atoms with van der Waals surface area (Å²) < 4.78 is 5.59. The average Bonchev–Trinajstić information content (AvgIpc) is 2.96. The van der Waals surface area contributed by atoms with Crippen molar-refractivity contribution in [3.05, 3.63) is 27.7 Å². The van der Waals surface area contributed by atoms with Crippen LogP contribution in [-0.4, -0.2) is 53.5 Å². The summed E-state index contributed by atoms with van der Waals surface area (Å²) in [5.74, 6) is 0.131. The van der Waals surface area contributed by atoms with Crippen molar-refractivity contribution in [3.63, 3.8) is 0 Å². The number of carbonyl (C=O) groups is 1. The van der Waals surface area contributed by atoms with E-state index in [-0.39, 0.29) is 12.0 Å². The van der Waals surface area contributed by atoms with E-state index in [9.17, 15) is 4.79 Å². The number of thiazole rings is 1. The number of rotatable bonds is 6. The number of nitrogens with zero attached hydrogens (tertiary/aromatic N) is 3. The quantitative estimate of drug-likeness (QED) is 0.749. The predicted octanol–water partition coefficient (Wildman–Crippen LogP) is 2.85. The summed E-state index contributed by atoms with van der Waals surface area (Å²) in [5, 5.41) is 3.16. The lowest BCUT2D eigenvalue weighted by Crippen LogP contribution is -2.47. The second kappa shape index (κ2) is 8.57. The lowest BCUT2D eigenvalue weighted by atomic mass is 10.2. The molecule has 23 heavy (non-hydrogen) atoms. The normalized spacial score (nSPS) is 17.1. The van der Waals surface area contributed by atoms with Gasteiger partial charge in [0, 0.05) is 50.8 Å². The van der Waals surface area contributed by atoms with Gasteiger partial charge in [0.05, 0.1) is 5.69 Å². The van der Waals surface area contributed by atoms with Crippen molar-refractivity contribution in [2.45, 2.75) is 40.3 Å². The van der Waals surface area contributed by atoms with Crippen LogP contribution in [0.1, 0.15) is 44.5 Å². The van der Waals surface area contributed by atoms with Crippen LogP contribution in [0.25, 0.3) is 0 Å². The third-order valence-corrected chi connectivity index (χ3v) is 4.87. The molecule has 1 amide bonds. The van der Waals surface area contributed by atoms with Crippen LogP contribution in [0.5, 0.6) is 0 Å². The van der Waals surface area contributed by atoms with Gasteiger partial charge in [0.2, 0.25) is 5.91 Å². The molecule has 0 unspecified atom stereocenters. The van der Waals surface area contributed by atoms with E-state index in [2.05, 4.69) is 15.3 Å². The highest BCUT2D eigenvalue weighted by atomic mass is 32.1. The fraction of sp³-hybridized carbons (Fsp3) is 0.647. The molecule has 0 bridgehead atoms. The van der Waals surface area contributed by atoms with Crippen molar-refractivity contribution in [3.8, 4) is 0 Å². The standard InChI is InChI=1S/C17H27N3O2S/c1-5-22-14(4)17-18-15(12-23-17)11-19-6-8-20(9-7-19)16(21)10-13(2)3/h10,12,14H,5-9,11H2,1-4H3/t14-/m0/s1. The van der Waals surface area contributed by atoms with Crippen LogP contribution in [0.15, 0.2) is 17.0 Å². The highest BCUT2D eigenvalue weighted by Gasteiger charge is 2.21. The van der Waals surface area contributed by atoms with Crippen molar-refractivity contribution in [2.24, 2.45) is 0 Å². The first-order valence-electron chi connectivity index (χ1n) is 8.21. The van der Waals surface area contributed by atoms with Gasteiger partial charge in [-0.05, 0) is 27.7 Å². The first kappa shape index (κ1) is 18.1. The number of ether oxygens (including phenoxy) is 1. The van der Waals surface area contributed by atoms with Crippen LogP contribution >= 0.6 is 11.3 Å². The fourth-order valence-electron chi connectivity index (χ4n) is 2.60. The summed E-state index contributed by atoms with van der Waals surface area (Å²) in [5.41, 5.74) is 2.15. The molecule has 1 saturated heterocycles. The smallest absolute Gasteiger partial charge is 0.246 e. The Hall–Kier alpha value is -1.24. The van der Waals surface area contributed by atoms with Crippen molar-refractivity contribution >= 4 is 17.2 Å². The van der Waals surface area contributed by atoms with Gasteiger partial charge in [-0.25, -0.2) is 4.98 Å². The van der Waals surface area contributed by atoms with Crippen LogP contribution in [-0.2, 0) is 16.1 Å². The van der Waals surface area contributed by atoms with Gasteiger partial charge in [0.1, 0.15) is 11.1 Å². The molecular weight excluding hydrogens is 310 g/mol. The van der Waals surface area contributed by atoms with Crippen LogP contribution in [0.3, 0.4) is 0 Å². The van der Waals surface area contributed by atoms with E-state index in [1.807, 2.05) is 32.6 Å². The van der Waals surface area contributed by atoms with Crippen LogP contribution in [0.2, 0.25) is 0 Å². The Morgan fingerprint density at radius 3 is 2.70 bits per heavy atom.